The number of benzene rings is 2. The number of aromatic hydroxyl groups is 1. The van der Waals surface area contributed by atoms with Gasteiger partial charge >= 0.3 is 6.09 Å². The minimum absolute atomic E-state index is 0.0478. The lowest BCUT2D eigenvalue weighted by Crippen LogP contribution is -2.14. The van der Waals surface area contributed by atoms with E-state index in [1.54, 1.807) is 12.1 Å². The van der Waals surface area contributed by atoms with Crippen molar-refractivity contribution in [2.75, 3.05) is 12.4 Å². The van der Waals surface area contributed by atoms with Gasteiger partial charge in [-0.3, -0.25) is 5.32 Å². The standard InChI is InChI=1S/C15H15NO4/c1-19-14-12(8-5-9-13(14)17)16-15(18)20-10-11-6-3-2-4-7-11/h2-9,17H,10H2,1H3,(H,16,18). The van der Waals surface area contributed by atoms with Gasteiger partial charge in [0.25, 0.3) is 0 Å². The van der Waals surface area contributed by atoms with Crippen molar-refractivity contribution in [2.45, 2.75) is 6.61 Å². The van der Waals surface area contributed by atoms with E-state index in [-0.39, 0.29) is 18.1 Å². The summed E-state index contributed by atoms with van der Waals surface area (Å²) in [6.07, 6.45) is -0.613. The van der Waals surface area contributed by atoms with Crippen LogP contribution in [0.4, 0.5) is 10.5 Å². The van der Waals surface area contributed by atoms with Crippen LogP contribution in [0.15, 0.2) is 48.5 Å². The molecule has 2 aromatic rings. The third-order valence-corrected chi connectivity index (χ3v) is 2.65. The summed E-state index contributed by atoms with van der Waals surface area (Å²) in [6, 6.07) is 14.0. The van der Waals surface area contributed by atoms with Crippen molar-refractivity contribution in [3.05, 3.63) is 54.1 Å². The molecule has 0 heterocycles. The van der Waals surface area contributed by atoms with Crippen LogP contribution < -0.4 is 10.1 Å². The topological polar surface area (TPSA) is 67.8 Å². The van der Waals surface area contributed by atoms with Crippen LogP contribution in [0.5, 0.6) is 11.5 Å². The van der Waals surface area contributed by atoms with E-state index in [1.807, 2.05) is 30.3 Å². The van der Waals surface area contributed by atoms with Gasteiger partial charge in [0.15, 0.2) is 11.5 Å². The average Bonchev–Trinajstić information content (AvgIpc) is 2.46. The van der Waals surface area contributed by atoms with Crippen LogP contribution in [-0.4, -0.2) is 18.3 Å². The van der Waals surface area contributed by atoms with E-state index in [1.165, 1.54) is 13.2 Å². The number of amides is 1. The maximum Gasteiger partial charge on any atom is 0.412 e. The van der Waals surface area contributed by atoms with Crippen LogP contribution >= 0.6 is 0 Å². The van der Waals surface area contributed by atoms with Crippen LogP contribution in [-0.2, 0) is 11.3 Å². The highest BCUT2D eigenvalue weighted by molar-refractivity contribution is 5.87. The molecule has 5 nitrogen and oxygen atoms in total. The van der Waals surface area contributed by atoms with E-state index in [4.69, 9.17) is 9.47 Å². The summed E-state index contributed by atoms with van der Waals surface area (Å²) in [5, 5.41) is 12.1. The fourth-order valence-corrected chi connectivity index (χ4v) is 1.71. The highest BCUT2D eigenvalue weighted by Gasteiger charge is 2.11. The Bertz CT molecular complexity index is 584. The number of phenolic OH excluding ortho intramolecular Hbond substituents is 1. The summed E-state index contributed by atoms with van der Waals surface area (Å²) in [4.78, 5) is 11.7. The smallest absolute Gasteiger partial charge is 0.412 e. The Morgan fingerprint density at radius 2 is 1.90 bits per heavy atom. The molecule has 0 aromatic heterocycles. The normalized spacial score (nSPS) is 9.85. The molecule has 0 atom stereocenters. The summed E-state index contributed by atoms with van der Waals surface area (Å²) < 4.78 is 10.1. The summed E-state index contributed by atoms with van der Waals surface area (Å²) in [7, 11) is 1.41. The minimum atomic E-state index is -0.613. The van der Waals surface area contributed by atoms with Crippen molar-refractivity contribution in [3.8, 4) is 11.5 Å². The van der Waals surface area contributed by atoms with Gasteiger partial charge < -0.3 is 14.6 Å². The number of hydrogen-bond donors (Lipinski definition) is 2. The third-order valence-electron chi connectivity index (χ3n) is 2.65. The second-order valence-electron chi connectivity index (χ2n) is 4.04. The predicted molar refractivity (Wildman–Crippen MR) is 74.9 cm³/mol. The molecular weight excluding hydrogens is 258 g/mol. The molecule has 0 fully saturated rings. The Hall–Kier alpha value is -2.69. The molecule has 2 rings (SSSR count). The van der Waals surface area contributed by atoms with Gasteiger partial charge in [0.2, 0.25) is 0 Å². The van der Waals surface area contributed by atoms with Gasteiger partial charge in [-0.15, -0.1) is 0 Å². The lowest BCUT2D eigenvalue weighted by molar-refractivity contribution is 0.155. The van der Waals surface area contributed by atoms with E-state index >= 15 is 0 Å². The maximum absolute atomic E-state index is 11.7. The van der Waals surface area contributed by atoms with Crippen LogP contribution in [0.25, 0.3) is 0 Å². The van der Waals surface area contributed by atoms with Crippen molar-refractivity contribution < 1.29 is 19.4 Å². The second-order valence-corrected chi connectivity index (χ2v) is 4.04. The molecule has 104 valence electrons. The van der Waals surface area contributed by atoms with Crippen molar-refractivity contribution in [2.24, 2.45) is 0 Å². The Balaban J connectivity index is 1.97. The highest BCUT2D eigenvalue weighted by atomic mass is 16.5. The van der Waals surface area contributed by atoms with Gasteiger partial charge in [0, 0.05) is 0 Å². The zero-order chi connectivity index (χ0) is 14.4. The minimum Gasteiger partial charge on any atom is -0.504 e. The molecule has 0 aliphatic carbocycles. The number of methoxy groups -OCH3 is 1. The first-order valence-corrected chi connectivity index (χ1v) is 6.04. The van der Waals surface area contributed by atoms with Gasteiger partial charge in [-0.1, -0.05) is 36.4 Å². The molecule has 0 saturated carbocycles. The average molecular weight is 273 g/mol. The number of rotatable bonds is 4. The number of phenols is 1. The summed E-state index contributed by atoms with van der Waals surface area (Å²) in [5.74, 6) is 0.150. The van der Waals surface area contributed by atoms with Crippen LogP contribution in [0, 0.1) is 0 Å². The van der Waals surface area contributed by atoms with Gasteiger partial charge in [-0.25, -0.2) is 4.79 Å². The lowest BCUT2D eigenvalue weighted by Gasteiger charge is -2.11. The Morgan fingerprint density at radius 1 is 1.15 bits per heavy atom. The Morgan fingerprint density at radius 3 is 2.60 bits per heavy atom. The Kier molecular flexibility index (Phi) is 4.44. The predicted octanol–water partition coefficient (Wildman–Crippen LogP) is 3.15. The van der Waals surface area contributed by atoms with Crippen molar-refractivity contribution in [1.29, 1.82) is 0 Å². The van der Waals surface area contributed by atoms with Gasteiger partial charge in [0.05, 0.1) is 12.8 Å². The van der Waals surface area contributed by atoms with Crippen LogP contribution in [0.1, 0.15) is 5.56 Å². The van der Waals surface area contributed by atoms with E-state index in [9.17, 15) is 9.90 Å². The van der Waals surface area contributed by atoms with Crippen LogP contribution in [0.3, 0.4) is 0 Å². The van der Waals surface area contributed by atoms with Gasteiger partial charge in [-0.05, 0) is 17.7 Å². The second kappa shape index (κ2) is 6.47. The molecule has 1 amide bonds. The molecule has 0 aliphatic rings. The number of ether oxygens (including phenoxy) is 2. The van der Waals surface area contributed by atoms with Gasteiger partial charge in [0.1, 0.15) is 6.61 Å². The van der Waals surface area contributed by atoms with E-state index in [2.05, 4.69) is 5.32 Å². The number of carbonyl (C=O) groups is 1. The molecule has 20 heavy (non-hydrogen) atoms. The van der Waals surface area contributed by atoms with Crippen molar-refractivity contribution in [1.82, 2.24) is 0 Å². The highest BCUT2D eigenvalue weighted by Crippen LogP contribution is 2.33. The molecule has 0 saturated heterocycles. The number of hydrogen-bond acceptors (Lipinski definition) is 4. The first-order chi connectivity index (χ1) is 9.70. The van der Waals surface area contributed by atoms with Crippen molar-refractivity contribution >= 4 is 11.8 Å². The number of nitrogens with one attached hydrogen (secondary N) is 1. The molecule has 0 radical (unpaired) electrons. The zero-order valence-electron chi connectivity index (χ0n) is 11.0. The quantitative estimate of drug-likeness (QED) is 0.898. The molecule has 0 bridgehead atoms. The Labute approximate surface area is 116 Å². The fraction of sp³-hybridized carbons (Fsp3) is 0.133. The largest absolute Gasteiger partial charge is 0.504 e. The fourth-order valence-electron chi connectivity index (χ4n) is 1.71. The molecule has 0 unspecified atom stereocenters. The zero-order valence-corrected chi connectivity index (χ0v) is 11.0. The van der Waals surface area contributed by atoms with E-state index < -0.39 is 6.09 Å². The molecular formula is C15H15NO4. The number of para-hydroxylation sites is 1. The molecule has 0 aliphatic heterocycles. The molecule has 0 spiro atoms. The molecule has 2 N–H and O–H groups in total. The monoisotopic (exact) mass is 273 g/mol. The van der Waals surface area contributed by atoms with E-state index in [0.717, 1.165) is 5.56 Å². The maximum atomic E-state index is 11.7. The van der Waals surface area contributed by atoms with Crippen LogP contribution in [0.2, 0.25) is 0 Å². The van der Waals surface area contributed by atoms with Gasteiger partial charge in [-0.2, -0.15) is 0 Å². The number of carbonyl (C=O) groups excluding carboxylic acids is 1. The lowest BCUT2D eigenvalue weighted by atomic mass is 10.2. The summed E-state index contributed by atoms with van der Waals surface area (Å²) in [6.45, 7) is 0.174. The summed E-state index contributed by atoms with van der Waals surface area (Å²) >= 11 is 0. The summed E-state index contributed by atoms with van der Waals surface area (Å²) in [5.41, 5.74) is 1.25. The first-order valence-electron chi connectivity index (χ1n) is 6.04. The SMILES string of the molecule is COc1c(O)cccc1NC(=O)OCc1ccccc1. The van der Waals surface area contributed by atoms with Crippen molar-refractivity contribution in [3.63, 3.8) is 0 Å². The third kappa shape index (κ3) is 3.41. The van der Waals surface area contributed by atoms with E-state index in [0.29, 0.717) is 5.69 Å². The molecule has 2 aromatic carbocycles. The molecule has 5 heteroatoms. The number of anilines is 1. The first kappa shape index (κ1) is 13.7.